The van der Waals surface area contributed by atoms with E-state index in [1.807, 2.05) is 32.0 Å². The molecule has 0 N–H and O–H groups in total. The van der Waals surface area contributed by atoms with Gasteiger partial charge in [-0.2, -0.15) is 5.10 Å². The second-order valence-electron chi connectivity index (χ2n) is 3.68. The van der Waals surface area contributed by atoms with Crippen molar-refractivity contribution in [3.8, 4) is 0 Å². The Hall–Kier alpha value is -1.97. The summed E-state index contributed by atoms with van der Waals surface area (Å²) in [5, 5.41) is 4.32. The van der Waals surface area contributed by atoms with E-state index in [0.717, 1.165) is 23.4 Å². The maximum atomic E-state index is 10.8. The van der Waals surface area contributed by atoms with E-state index >= 15 is 0 Å². The first-order valence-electron chi connectivity index (χ1n) is 5.11. The Labute approximate surface area is 93.9 Å². The van der Waals surface area contributed by atoms with Gasteiger partial charge in [0.2, 0.25) is 0 Å². The molecule has 82 valence electrons. The van der Waals surface area contributed by atoms with Crippen LogP contribution < -0.4 is 0 Å². The molecule has 4 heteroatoms. The zero-order valence-electron chi connectivity index (χ0n) is 9.34. The summed E-state index contributed by atoms with van der Waals surface area (Å²) in [4.78, 5) is 15.1. The fraction of sp³-hybridized carbons (Fsp3) is 0.250. The van der Waals surface area contributed by atoms with Gasteiger partial charge in [-0.05, 0) is 26.0 Å². The lowest BCUT2D eigenvalue weighted by atomic mass is 10.2. The Kier molecular flexibility index (Phi) is 2.81. The first-order chi connectivity index (χ1) is 7.72. The predicted octanol–water partition coefficient (Wildman–Crippen LogP) is 1.76. The minimum absolute atomic E-state index is 0.599. The van der Waals surface area contributed by atoms with E-state index in [1.54, 1.807) is 10.9 Å². The summed E-state index contributed by atoms with van der Waals surface area (Å²) in [7, 11) is 0. The SMILES string of the molecule is Cc1nn(Cc2ccccn2)c(C)c1C=O. The molecule has 0 amide bonds. The monoisotopic (exact) mass is 215 g/mol. The van der Waals surface area contributed by atoms with Crippen LogP contribution in [0.5, 0.6) is 0 Å². The maximum Gasteiger partial charge on any atom is 0.153 e. The summed E-state index contributed by atoms with van der Waals surface area (Å²) in [6, 6.07) is 5.76. The predicted molar refractivity (Wildman–Crippen MR) is 60.4 cm³/mol. The van der Waals surface area contributed by atoms with Crippen molar-refractivity contribution >= 4 is 6.29 Å². The van der Waals surface area contributed by atoms with Gasteiger partial charge in [0.25, 0.3) is 0 Å². The van der Waals surface area contributed by atoms with Crippen LogP contribution in [0.1, 0.15) is 27.4 Å². The van der Waals surface area contributed by atoms with E-state index in [0.29, 0.717) is 12.1 Å². The highest BCUT2D eigenvalue weighted by Crippen LogP contribution is 2.11. The Morgan fingerprint density at radius 1 is 1.38 bits per heavy atom. The van der Waals surface area contributed by atoms with Crippen LogP contribution in [-0.4, -0.2) is 21.1 Å². The van der Waals surface area contributed by atoms with Gasteiger partial charge in [-0.15, -0.1) is 0 Å². The molecule has 0 unspecified atom stereocenters. The molecule has 2 heterocycles. The maximum absolute atomic E-state index is 10.8. The van der Waals surface area contributed by atoms with Crippen LogP contribution in [0.4, 0.5) is 0 Å². The highest BCUT2D eigenvalue weighted by Gasteiger charge is 2.10. The molecule has 0 spiro atoms. The van der Waals surface area contributed by atoms with Crippen molar-refractivity contribution in [3.05, 3.63) is 47.0 Å². The smallest absolute Gasteiger partial charge is 0.153 e. The number of pyridine rings is 1. The van der Waals surface area contributed by atoms with Crippen molar-refractivity contribution in [2.45, 2.75) is 20.4 Å². The van der Waals surface area contributed by atoms with Gasteiger partial charge in [-0.1, -0.05) is 6.07 Å². The summed E-state index contributed by atoms with van der Waals surface area (Å²) in [6.07, 6.45) is 2.61. The third-order valence-corrected chi connectivity index (χ3v) is 2.59. The molecule has 16 heavy (non-hydrogen) atoms. The molecule has 0 fully saturated rings. The van der Waals surface area contributed by atoms with E-state index in [9.17, 15) is 4.79 Å². The Bertz CT molecular complexity index is 502. The average Bonchev–Trinajstić information content (AvgIpc) is 2.55. The number of carbonyl (C=O) groups excluding carboxylic acids is 1. The molecule has 4 nitrogen and oxygen atoms in total. The molecule has 0 saturated heterocycles. The minimum Gasteiger partial charge on any atom is -0.298 e. The Morgan fingerprint density at radius 2 is 2.19 bits per heavy atom. The molecule has 2 rings (SSSR count). The summed E-state index contributed by atoms with van der Waals surface area (Å²) in [5.41, 5.74) is 3.27. The van der Waals surface area contributed by atoms with E-state index < -0.39 is 0 Å². The summed E-state index contributed by atoms with van der Waals surface area (Å²) in [5.74, 6) is 0. The fourth-order valence-corrected chi connectivity index (χ4v) is 1.68. The van der Waals surface area contributed by atoms with Gasteiger partial charge >= 0.3 is 0 Å². The number of carbonyl (C=O) groups is 1. The molecule has 0 aromatic carbocycles. The number of rotatable bonds is 3. The molecular weight excluding hydrogens is 202 g/mol. The molecule has 0 bridgehead atoms. The molecule has 0 radical (unpaired) electrons. The third-order valence-electron chi connectivity index (χ3n) is 2.59. The quantitative estimate of drug-likeness (QED) is 0.733. The molecule has 0 aliphatic carbocycles. The number of aldehydes is 1. The largest absolute Gasteiger partial charge is 0.298 e. The fourth-order valence-electron chi connectivity index (χ4n) is 1.68. The van der Waals surface area contributed by atoms with Gasteiger partial charge in [-0.25, -0.2) is 0 Å². The Morgan fingerprint density at radius 3 is 2.75 bits per heavy atom. The zero-order chi connectivity index (χ0) is 11.5. The second kappa shape index (κ2) is 4.26. The van der Waals surface area contributed by atoms with Crippen LogP contribution in [0.25, 0.3) is 0 Å². The molecule has 2 aromatic heterocycles. The first-order valence-corrected chi connectivity index (χ1v) is 5.11. The van der Waals surface area contributed by atoms with Gasteiger partial charge in [0.1, 0.15) is 0 Å². The van der Waals surface area contributed by atoms with Crippen molar-refractivity contribution < 1.29 is 4.79 Å². The van der Waals surface area contributed by atoms with Crippen LogP contribution in [0.3, 0.4) is 0 Å². The van der Waals surface area contributed by atoms with Gasteiger partial charge in [0, 0.05) is 11.9 Å². The molecule has 0 saturated carbocycles. The van der Waals surface area contributed by atoms with E-state index in [-0.39, 0.29) is 0 Å². The number of aryl methyl sites for hydroxylation is 1. The molecule has 0 atom stereocenters. The summed E-state index contributed by atoms with van der Waals surface area (Å²) < 4.78 is 1.81. The highest BCUT2D eigenvalue weighted by atomic mass is 16.1. The van der Waals surface area contributed by atoms with Gasteiger partial charge < -0.3 is 0 Å². The number of aromatic nitrogens is 3. The standard InChI is InChI=1S/C12H13N3O/c1-9-12(8-16)10(2)15(14-9)7-11-5-3-4-6-13-11/h3-6,8H,7H2,1-2H3. The third kappa shape index (κ3) is 1.86. The van der Waals surface area contributed by atoms with Crippen LogP contribution in [0.2, 0.25) is 0 Å². The van der Waals surface area contributed by atoms with Crippen LogP contribution in [0, 0.1) is 13.8 Å². The highest BCUT2D eigenvalue weighted by molar-refractivity contribution is 5.78. The van der Waals surface area contributed by atoms with Crippen molar-refractivity contribution in [1.82, 2.24) is 14.8 Å². The van der Waals surface area contributed by atoms with E-state index in [4.69, 9.17) is 0 Å². The van der Waals surface area contributed by atoms with Crippen molar-refractivity contribution in [1.29, 1.82) is 0 Å². The lowest BCUT2D eigenvalue weighted by Gasteiger charge is -2.03. The first kappa shape index (κ1) is 10.5. The molecular formula is C12H13N3O. The molecule has 0 aliphatic heterocycles. The van der Waals surface area contributed by atoms with Gasteiger partial charge in [0.15, 0.2) is 6.29 Å². The normalized spacial score (nSPS) is 10.4. The molecule has 2 aromatic rings. The topological polar surface area (TPSA) is 47.8 Å². The summed E-state index contributed by atoms with van der Waals surface area (Å²) in [6.45, 7) is 4.33. The zero-order valence-corrected chi connectivity index (χ0v) is 9.34. The van der Waals surface area contributed by atoms with E-state index in [1.165, 1.54) is 0 Å². The minimum atomic E-state index is 0.599. The van der Waals surface area contributed by atoms with Gasteiger partial charge in [0.05, 0.1) is 23.5 Å². The second-order valence-corrected chi connectivity index (χ2v) is 3.68. The van der Waals surface area contributed by atoms with Crippen LogP contribution >= 0.6 is 0 Å². The number of hydrogen-bond donors (Lipinski definition) is 0. The summed E-state index contributed by atoms with van der Waals surface area (Å²) >= 11 is 0. The number of nitrogens with zero attached hydrogens (tertiary/aromatic N) is 3. The van der Waals surface area contributed by atoms with Crippen LogP contribution in [0.15, 0.2) is 24.4 Å². The number of hydrogen-bond acceptors (Lipinski definition) is 3. The van der Waals surface area contributed by atoms with E-state index in [2.05, 4.69) is 10.1 Å². The van der Waals surface area contributed by atoms with Crippen molar-refractivity contribution in [2.24, 2.45) is 0 Å². The Balaban J connectivity index is 2.32. The van der Waals surface area contributed by atoms with Crippen molar-refractivity contribution in [2.75, 3.05) is 0 Å². The van der Waals surface area contributed by atoms with Crippen molar-refractivity contribution in [3.63, 3.8) is 0 Å². The average molecular weight is 215 g/mol. The molecule has 0 aliphatic rings. The lowest BCUT2D eigenvalue weighted by Crippen LogP contribution is -2.05. The van der Waals surface area contributed by atoms with Gasteiger partial charge in [-0.3, -0.25) is 14.5 Å². The van der Waals surface area contributed by atoms with Crippen LogP contribution in [-0.2, 0) is 6.54 Å². The lowest BCUT2D eigenvalue weighted by molar-refractivity contribution is 0.112.